The predicted octanol–water partition coefficient (Wildman–Crippen LogP) is -1.38. The number of hydrogen-bond donors (Lipinski definition) is 6. The fourth-order valence-corrected chi connectivity index (χ4v) is 3.47. The fraction of sp³-hybridized carbons (Fsp3) is 0.750. The zero-order valence-electron chi connectivity index (χ0n) is 18.6. The van der Waals surface area contributed by atoms with Crippen LogP contribution in [-0.2, 0) is 24.0 Å². The topological polar surface area (TPSA) is 205 Å². The van der Waals surface area contributed by atoms with Gasteiger partial charge in [-0.15, -0.1) is 0 Å². The highest BCUT2D eigenvalue weighted by molar-refractivity contribution is 5.96. The molecule has 0 aliphatic carbocycles. The average Bonchev–Trinajstić information content (AvgIpc) is 3.20. The maximum atomic E-state index is 13.1. The molecule has 8 N–H and O–H groups in total. The first-order chi connectivity index (χ1) is 15.0. The molecule has 32 heavy (non-hydrogen) atoms. The Balaban J connectivity index is 2.92. The van der Waals surface area contributed by atoms with Gasteiger partial charge in [0.2, 0.25) is 17.7 Å². The van der Waals surface area contributed by atoms with Gasteiger partial charge >= 0.3 is 11.9 Å². The van der Waals surface area contributed by atoms with Crippen LogP contribution in [0.25, 0.3) is 0 Å². The number of carbonyl (C=O) groups is 5. The average molecular weight is 458 g/mol. The van der Waals surface area contributed by atoms with Gasteiger partial charge in [-0.1, -0.05) is 13.8 Å². The van der Waals surface area contributed by atoms with Crippen LogP contribution in [0.5, 0.6) is 0 Å². The second-order valence-electron chi connectivity index (χ2n) is 8.30. The molecule has 1 fully saturated rings. The minimum atomic E-state index is -1.39. The standard InChI is InChI=1S/C20H35N5O7/c1-11(2)16(22)18(29)24-13(10-15(26)27)19(30)25-9-5-7-14(25)17(28)23-12(20(31)32)6-3-4-8-21/h11-14,16H,3-10,21-22H2,1-2H3,(H,23,28)(H,24,29)(H,26,27)(H,31,32)/t12-,13-,14-,16-/m0/s1. The lowest BCUT2D eigenvalue weighted by atomic mass is 10.0. The van der Waals surface area contributed by atoms with E-state index in [1.165, 1.54) is 4.90 Å². The number of nitrogens with one attached hydrogen (secondary N) is 2. The summed E-state index contributed by atoms with van der Waals surface area (Å²) in [5.74, 6) is -4.73. The van der Waals surface area contributed by atoms with Crippen molar-refractivity contribution in [3.8, 4) is 0 Å². The molecule has 0 radical (unpaired) electrons. The van der Waals surface area contributed by atoms with Crippen molar-refractivity contribution in [1.82, 2.24) is 15.5 Å². The van der Waals surface area contributed by atoms with E-state index in [1.54, 1.807) is 13.8 Å². The van der Waals surface area contributed by atoms with E-state index in [0.29, 0.717) is 32.2 Å². The zero-order chi connectivity index (χ0) is 24.4. The Bertz CT molecular complexity index is 700. The van der Waals surface area contributed by atoms with Crippen molar-refractivity contribution in [2.24, 2.45) is 17.4 Å². The van der Waals surface area contributed by atoms with Gasteiger partial charge in [-0.05, 0) is 44.6 Å². The van der Waals surface area contributed by atoms with Gasteiger partial charge in [0.15, 0.2) is 0 Å². The molecule has 0 aromatic carbocycles. The third-order valence-corrected chi connectivity index (χ3v) is 5.41. The Labute approximate surface area is 187 Å². The largest absolute Gasteiger partial charge is 0.481 e. The zero-order valence-corrected chi connectivity index (χ0v) is 18.6. The van der Waals surface area contributed by atoms with Gasteiger partial charge in [0.1, 0.15) is 18.1 Å². The van der Waals surface area contributed by atoms with Crippen molar-refractivity contribution in [2.45, 2.75) is 76.5 Å². The molecule has 0 spiro atoms. The summed E-state index contributed by atoms with van der Waals surface area (Å²) in [5, 5.41) is 23.4. The molecule has 0 aromatic heterocycles. The first-order valence-corrected chi connectivity index (χ1v) is 10.8. The maximum absolute atomic E-state index is 13.1. The van der Waals surface area contributed by atoms with Crippen LogP contribution >= 0.6 is 0 Å². The molecule has 1 aliphatic rings. The Kier molecular flexibility index (Phi) is 11.1. The number of amides is 3. The van der Waals surface area contributed by atoms with Crippen molar-refractivity contribution in [2.75, 3.05) is 13.1 Å². The Morgan fingerprint density at radius 1 is 1.06 bits per heavy atom. The van der Waals surface area contributed by atoms with Crippen LogP contribution in [0.4, 0.5) is 0 Å². The normalized spacial score (nSPS) is 18.7. The molecular formula is C20H35N5O7. The predicted molar refractivity (Wildman–Crippen MR) is 114 cm³/mol. The SMILES string of the molecule is CC(C)[C@H](N)C(=O)N[C@@H](CC(=O)O)C(=O)N1CCC[C@H]1C(=O)N[C@@H](CCCCN)C(=O)O. The Morgan fingerprint density at radius 3 is 2.25 bits per heavy atom. The number of nitrogens with zero attached hydrogens (tertiary/aromatic N) is 1. The van der Waals surface area contributed by atoms with Crippen LogP contribution in [-0.4, -0.2) is 82.0 Å². The first kappa shape index (κ1) is 27.3. The first-order valence-electron chi connectivity index (χ1n) is 10.8. The van der Waals surface area contributed by atoms with Gasteiger partial charge in [0, 0.05) is 6.54 Å². The number of carboxylic acid groups (broad SMARTS) is 2. The number of aliphatic carboxylic acids is 2. The molecule has 0 aromatic rings. The van der Waals surface area contributed by atoms with E-state index in [1.807, 2.05) is 0 Å². The fourth-order valence-electron chi connectivity index (χ4n) is 3.47. The molecule has 0 unspecified atom stereocenters. The van der Waals surface area contributed by atoms with Gasteiger partial charge < -0.3 is 37.2 Å². The number of carboxylic acids is 2. The summed E-state index contributed by atoms with van der Waals surface area (Å²) in [6, 6.07) is -4.39. The second kappa shape index (κ2) is 13.0. The van der Waals surface area contributed by atoms with Crippen LogP contribution in [0.15, 0.2) is 0 Å². The van der Waals surface area contributed by atoms with E-state index >= 15 is 0 Å². The molecule has 3 amide bonds. The number of nitrogens with two attached hydrogens (primary N) is 2. The van der Waals surface area contributed by atoms with Crippen LogP contribution in [0.3, 0.4) is 0 Å². The van der Waals surface area contributed by atoms with Crippen LogP contribution < -0.4 is 22.1 Å². The molecule has 12 nitrogen and oxygen atoms in total. The summed E-state index contributed by atoms with van der Waals surface area (Å²) in [6.07, 6.45) is 1.44. The number of hydrogen-bond acceptors (Lipinski definition) is 7. The van der Waals surface area contributed by atoms with Crippen molar-refractivity contribution in [3.05, 3.63) is 0 Å². The second-order valence-corrected chi connectivity index (χ2v) is 8.30. The molecule has 12 heteroatoms. The molecule has 1 rings (SSSR count). The lowest BCUT2D eigenvalue weighted by Crippen LogP contribution is -2.57. The van der Waals surface area contributed by atoms with Crippen LogP contribution in [0, 0.1) is 5.92 Å². The smallest absolute Gasteiger partial charge is 0.326 e. The van der Waals surface area contributed by atoms with Gasteiger partial charge in [-0.25, -0.2) is 4.79 Å². The molecule has 1 saturated heterocycles. The number of carbonyl (C=O) groups excluding carboxylic acids is 3. The third kappa shape index (κ3) is 8.08. The lowest BCUT2D eigenvalue weighted by Gasteiger charge is -2.29. The van der Waals surface area contributed by atoms with E-state index in [9.17, 15) is 34.2 Å². The van der Waals surface area contributed by atoms with E-state index in [4.69, 9.17) is 11.5 Å². The maximum Gasteiger partial charge on any atom is 0.326 e. The van der Waals surface area contributed by atoms with Gasteiger partial charge in [0.05, 0.1) is 12.5 Å². The van der Waals surface area contributed by atoms with Crippen LogP contribution in [0.2, 0.25) is 0 Å². The summed E-state index contributed by atoms with van der Waals surface area (Å²) >= 11 is 0. The van der Waals surface area contributed by atoms with Crippen LogP contribution in [0.1, 0.15) is 52.4 Å². The molecule has 4 atom stereocenters. The van der Waals surface area contributed by atoms with Gasteiger partial charge in [-0.2, -0.15) is 0 Å². The van der Waals surface area contributed by atoms with E-state index in [-0.39, 0.29) is 18.9 Å². The Hall–Kier alpha value is -2.73. The summed E-state index contributed by atoms with van der Waals surface area (Å²) in [4.78, 5) is 62.1. The van der Waals surface area contributed by atoms with Crippen molar-refractivity contribution >= 4 is 29.7 Å². The number of unbranched alkanes of at least 4 members (excludes halogenated alkanes) is 1. The third-order valence-electron chi connectivity index (χ3n) is 5.41. The quantitative estimate of drug-likeness (QED) is 0.180. The van der Waals surface area contributed by atoms with E-state index < -0.39 is 60.2 Å². The highest BCUT2D eigenvalue weighted by atomic mass is 16.4. The summed E-state index contributed by atoms with van der Waals surface area (Å²) in [6.45, 7) is 4.02. The number of rotatable bonds is 13. The summed E-state index contributed by atoms with van der Waals surface area (Å²) < 4.78 is 0. The molecule has 0 bridgehead atoms. The van der Waals surface area contributed by atoms with Crippen molar-refractivity contribution in [3.63, 3.8) is 0 Å². The molecule has 182 valence electrons. The van der Waals surface area contributed by atoms with E-state index in [0.717, 1.165) is 0 Å². The monoisotopic (exact) mass is 457 g/mol. The summed E-state index contributed by atoms with van der Waals surface area (Å²) in [5.41, 5.74) is 11.2. The van der Waals surface area contributed by atoms with E-state index in [2.05, 4.69) is 10.6 Å². The highest BCUT2D eigenvalue weighted by Gasteiger charge is 2.39. The highest BCUT2D eigenvalue weighted by Crippen LogP contribution is 2.20. The minimum Gasteiger partial charge on any atom is -0.481 e. The van der Waals surface area contributed by atoms with Gasteiger partial charge in [0.25, 0.3) is 0 Å². The Morgan fingerprint density at radius 2 is 1.72 bits per heavy atom. The van der Waals surface area contributed by atoms with Gasteiger partial charge in [-0.3, -0.25) is 19.2 Å². The molecule has 1 aliphatic heterocycles. The molecule has 0 saturated carbocycles. The number of likely N-dealkylation sites (tertiary alicyclic amines) is 1. The van der Waals surface area contributed by atoms with Crippen molar-refractivity contribution < 1.29 is 34.2 Å². The lowest BCUT2D eigenvalue weighted by molar-refractivity contribution is -0.147. The molecular weight excluding hydrogens is 422 g/mol. The van der Waals surface area contributed by atoms with Crippen molar-refractivity contribution in [1.29, 1.82) is 0 Å². The minimum absolute atomic E-state index is 0.185. The summed E-state index contributed by atoms with van der Waals surface area (Å²) in [7, 11) is 0. The molecule has 1 heterocycles.